The number of aliphatic hydroxyl groups excluding tert-OH is 1. The fourth-order valence-electron chi connectivity index (χ4n) is 2.35. The van der Waals surface area contributed by atoms with E-state index >= 15 is 0 Å². The summed E-state index contributed by atoms with van der Waals surface area (Å²) >= 11 is 0. The van der Waals surface area contributed by atoms with Crippen molar-refractivity contribution in [3.05, 3.63) is 66.3 Å². The molecule has 0 radical (unpaired) electrons. The largest absolute Gasteiger partial charge is 0.393 e. The average molecular weight is 326 g/mol. The lowest BCUT2D eigenvalue weighted by Crippen LogP contribution is -1.97. The number of hydrogen-bond donors (Lipinski definition) is 1. The second-order valence-electron chi connectivity index (χ2n) is 5.83. The summed E-state index contributed by atoms with van der Waals surface area (Å²) in [6.45, 7) is 5.45. The first-order valence-corrected chi connectivity index (χ1v) is 8.16. The molecule has 2 aromatic rings. The van der Waals surface area contributed by atoms with E-state index in [4.69, 9.17) is 0 Å². The number of benzene rings is 1. The minimum atomic E-state index is -0.323. The van der Waals surface area contributed by atoms with Crippen molar-refractivity contribution in [3.8, 4) is 11.4 Å². The van der Waals surface area contributed by atoms with Crippen LogP contribution in [0.25, 0.3) is 17.5 Å². The zero-order chi connectivity index (χ0) is 17.4. The number of unbranched alkanes of at least 4 members (excludes halogenated alkanes) is 1. The molecule has 0 aliphatic carbocycles. The number of nitrogens with zero attached hydrogens (tertiary/aromatic N) is 2. The van der Waals surface area contributed by atoms with Gasteiger partial charge in [0, 0.05) is 18.0 Å². The first-order valence-electron chi connectivity index (χ1n) is 8.16. The van der Waals surface area contributed by atoms with Crippen LogP contribution in [0.3, 0.4) is 0 Å². The molecule has 1 heterocycles. The zero-order valence-electron chi connectivity index (χ0n) is 14.0. The van der Waals surface area contributed by atoms with Gasteiger partial charge in [0.25, 0.3) is 0 Å². The lowest BCUT2D eigenvalue weighted by atomic mass is 10.1. The van der Waals surface area contributed by atoms with Crippen LogP contribution in [0.1, 0.15) is 37.3 Å². The Kier molecular flexibility index (Phi) is 6.82. The van der Waals surface area contributed by atoms with E-state index in [1.807, 2.05) is 18.2 Å². The van der Waals surface area contributed by atoms with Crippen molar-refractivity contribution in [2.24, 2.45) is 0 Å². The number of aromatic nitrogens is 2. The van der Waals surface area contributed by atoms with E-state index in [2.05, 4.69) is 16.5 Å². The fraction of sp³-hybridized carbons (Fsp3) is 0.300. The van der Waals surface area contributed by atoms with E-state index < -0.39 is 0 Å². The first kappa shape index (κ1) is 18.0. The summed E-state index contributed by atoms with van der Waals surface area (Å²) in [5, 5.41) is 9.20. The summed E-state index contributed by atoms with van der Waals surface area (Å²) in [7, 11) is 0. The Labute approximate surface area is 142 Å². The van der Waals surface area contributed by atoms with E-state index in [0.29, 0.717) is 17.8 Å². The van der Waals surface area contributed by atoms with Gasteiger partial charge in [-0.15, -0.1) is 6.58 Å². The molecule has 0 spiro atoms. The lowest BCUT2D eigenvalue weighted by molar-refractivity contribution is 0.182. The monoisotopic (exact) mass is 326 g/mol. The predicted molar refractivity (Wildman–Crippen MR) is 95.9 cm³/mol. The van der Waals surface area contributed by atoms with Gasteiger partial charge in [0.2, 0.25) is 0 Å². The second-order valence-corrected chi connectivity index (χ2v) is 5.83. The standard InChI is InChI=1S/C20H23FN2O/c1-3-7-16-10-11-18(19(21)12-16)20-22-13-17(14-23-20)9-6-4-5-8-15(2)24/h3,6,9-15,24H,1,4-5,7-8H2,2H3/b9-6+. The van der Waals surface area contributed by atoms with Crippen LogP contribution in [-0.2, 0) is 6.42 Å². The Morgan fingerprint density at radius 1 is 1.29 bits per heavy atom. The van der Waals surface area contributed by atoms with E-state index in [0.717, 1.165) is 30.4 Å². The predicted octanol–water partition coefficient (Wildman–Crippen LogP) is 4.58. The summed E-state index contributed by atoms with van der Waals surface area (Å²) in [6.07, 6.45) is 12.1. The van der Waals surface area contributed by atoms with Gasteiger partial charge < -0.3 is 5.11 Å². The average Bonchev–Trinajstić information content (AvgIpc) is 2.55. The fourth-order valence-corrected chi connectivity index (χ4v) is 2.35. The molecule has 126 valence electrons. The third-order valence-electron chi connectivity index (χ3n) is 3.63. The van der Waals surface area contributed by atoms with Gasteiger partial charge in [-0.3, -0.25) is 0 Å². The normalized spacial score (nSPS) is 12.5. The summed E-state index contributed by atoms with van der Waals surface area (Å²) in [5.74, 6) is 0.0553. The molecule has 0 aliphatic rings. The number of allylic oxidation sites excluding steroid dienone is 2. The molecule has 0 saturated carbocycles. The van der Waals surface area contributed by atoms with Gasteiger partial charge in [-0.25, -0.2) is 14.4 Å². The maximum absolute atomic E-state index is 14.2. The third-order valence-corrected chi connectivity index (χ3v) is 3.63. The lowest BCUT2D eigenvalue weighted by Gasteiger charge is -2.04. The van der Waals surface area contributed by atoms with Crippen molar-refractivity contribution in [2.45, 2.75) is 38.7 Å². The third kappa shape index (κ3) is 5.39. The van der Waals surface area contributed by atoms with E-state index in [1.54, 1.807) is 31.5 Å². The molecule has 0 fully saturated rings. The Bertz CT molecular complexity index is 693. The Balaban J connectivity index is 2.01. The highest BCUT2D eigenvalue weighted by atomic mass is 19.1. The van der Waals surface area contributed by atoms with Crippen LogP contribution in [0, 0.1) is 5.82 Å². The molecule has 3 nitrogen and oxygen atoms in total. The highest BCUT2D eigenvalue weighted by Gasteiger charge is 2.08. The van der Waals surface area contributed by atoms with Gasteiger partial charge in [0.15, 0.2) is 5.82 Å². The van der Waals surface area contributed by atoms with Crippen molar-refractivity contribution < 1.29 is 9.50 Å². The van der Waals surface area contributed by atoms with Gasteiger partial charge in [0.05, 0.1) is 11.7 Å². The van der Waals surface area contributed by atoms with Gasteiger partial charge in [-0.2, -0.15) is 0 Å². The van der Waals surface area contributed by atoms with Crippen molar-refractivity contribution in [1.29, 1.82) is 0 Å². The van der Waals surface area contributed by atoms with Crippen LogP contribution in [0.4, 0.5) is 4.39 Å². The summed E-state index contributed by atoms with van der Waals surface area (Å²) in [5.41, 5.74) is 2.15. The summed E-state index contributed by atoms with van der Waals surface area (Å²) in [4.78, 5) is 8.50. The molecule has 1 N–H and O–H groups in total. The molecule has 1 aromatic carbocycles. The zero-order valence-corrected chi connectivity index (χ0v) is 14.0. The molecule has 1 atom stereocenters. The highest BCUT2D eigenvalue weighted by molar-refractivity contribution is 5.57. The van der Waals surface area contributed by atoms with Gasteiger partial charge >= 0.3 is 0 Å². The van der Waals surface area contributed by atoms with Crippen LogP contribution < -0.4 is 0 Å². The van der Waals surface area contributed by atoms with E-state index in [9.17, 15) is 9.50 Å². The Morgan fingerprint density at radius 2 is 2.04 bits per heavy atom. The number of rotatable bonds is 8. The molecule has 0 saturated heterocycles. The minimum Gasteiger partial charge on any atom is -0.393 e. The summed E-state index contributed by atoms with van der Waals surface area (Å²) in [6, 6.07) is 5.06. The van der Waals surface area contributed by atoms with Crippen LogP contribution in [-0.4, -0.2) is 21.2 Å². The van der Waals surface area contributed by atoms with E-state index in [-0.39, 0.29) is 11.9 Å². The van der Waals surface area contributed by atoms with Crippen molar-refractivity contribution >= 4 is 6.08 Å². The Hall–Kier alpha value is -2.33. The van der Waals surface area contributed by atoms with Crippen LogP contribution >= 0.6 is 0 Å². The quantitative estimate of drug-likeness (QED) is 0.571. The smallest absolute Gasteiger partial charge is 0.162 e. The van der Waals surface area contributed by atoms with E-state index in [1.165, 1.54) is 6.07 Å². The van der Waals surface area contributed by atoms with Gasteiger partial charge in [-0.1, -0.05) is 24.3 Å². The molecule has 0 aliphatic heterocycles. The molecule has 0 amide bonds. The topological polar surface area (TPSA) is 46.0 Å². The number of aliphatic hydroxyl groups is 1. The molecule has 24 heavy (non-hydrogen) atoms. The SMILES string of the molecule is C=CCc1ccc(-c2ncc(/C=C/CCCC(C)O)cn2)c(F)c1. The van der Waals surface area contributed by atoms with Gasteiger partial charge in [0.1, 0.15) is 5.82 Å². The summed E-state index contributed by atoms with van der Waals surface area (Å²) < 4.78 is 14.2. The highest BCUT2D eigenvalue weighted by Crippen LogP contribution is 2.20. The molecular weight excluding hydrogens is 303 g/mol. The van der Waals surface area contributed by atoms with Crippen LogP contribution in [0.2, 0.25) is 0 Å². The van der Waals surface area contributed by atoms with Crippen molar-refractivity contribution in [1.82, 2.24) is 9.97 Å². The maximum atomic E-state index is 14.2. The molecule has 1 aromatic heterocycles. The number of halogens is 1. The Morgan fingerprint density at radius 3 is 2.67 bits per heavy atom. The molecule has 2 rings (SSSR count). The minimum absolute atomic E-state index is 0.256. The number of hydrogen-bond acceptors (Lipinski definition) is 3. The van der Waals surface area contributed by atoms with Crippen LogP contribution in [0.5, 0.6) is 0 Å². The van der Waals surface area contributed by atoms with Crippen molar-refractivity contribution in [2.75, 3.05) is 0 Å². The second kappa shape index (κ2) is 9.08. The molecule has 0 bridgehead atoms. The van der Waals surface area contributed by atoms with Gasteiger partial charge in [-0.05, 0) is 50.3 Å². The molecule has 1 unspecified atom stereocenters. The van der Waals surface area contributed by atoms with Crippen LogP contribution in [0.15, 0.2) is 49.3 Å². The maximum Gasteiger partial charge on any atom is 0.162 e. The first-order chi connectivity index (χ1) is 11.6. The molecular formula is C20H23FN2O. The molecule has 4 heteroatoms. The van der Waals surface area contributed by atoms with Crippen molar-refractivity contribution in [3.63, 3.8) is 0 Å².